The third-order valence-electron chi connectivity index (χ3n) is 6.00. The molecule has 19 nitrogen and oxygen atoms in total. The van der Waals surface area contributed by atoms with Gasteiger partial charge in [0.2, 0.25) is 17.2 Å². The molecule has 0 amide bonds. The van der Waals surface area contributed by atoms with Crippen LogP contribution in [0.15, 0.2) is 79.5 Å². The summed E-state index contributed by atoms with van der Waals surface area (Å²) in [6.07, 6.45) is 0. The number of nitrogen functional groups attached to an aromatic ring is 1. The second-order valence-corrected chi connectivity index (χ2v) is 15.3. The first-order valence-electron chi connectivity index (χ1n) is 12.8. The van der Waals surface area contributed by atoms with E-state index in [0.717, 1.165) is 12.1 Å². The Bertz CT molecular complexity index is 2330. The number of nitrogens with two attached hydrogens (primary N) is 1. The summed E-state index contributed by atoms with van der Waals surface area (Å²) in [4.78, 5) is 10.3. The van der Waals surface area contributed by atoms with E-state index in [2.05, 4.69) is 40.0 Å². The van der Waals surface area contributed by atoms with Crippen molar-refractivity contribution in [3.8, 4) is 0 Å². The van der Waals surface area contributed by atoms with Crippen molar-refractivity contribution in [2.24, 2.45) is 10.2 Å². The number of hydrogen-bond donors (Lipinski definition) is 6. The van der Waals surface area contributed by atoms with Gasteiger partial charge >= 0.3 is 0 Å². The van der Waals surface area contributed by atoms with Gasteiger partial charge in [0.15, 0.2) is 9.84 Å². The molecule has 48 heavy (non-hydrogen) atoms. The number of azo groups is 1. The van der Waals surface area contributed by atoms with Gasteiger partial charge in [0.1, 0.15) is 16.3 Å². The summed E-state index contributed by atoms with van der Waals surface area (Å²) < 4.78 is 117. The Morgan fingerprint density at radius 2 is 1.38 bits per heavy atom. The molecule has 256 valence electrons. The van der Waals surface area contributed by atoms with Gasteiger partial charge in [-0.25, -0.2) is 16.8 Å². The van der Waals surface area contributed by atoms with E-state index in [9.17, 15) is 42.8 Å². The maximum Gasteiger partial charge on any atom is 0.296 e. The quantitative estimate of drug-likeness (QED) is 0.0493. The molecule has 24 heteroatoms. The predicted octanol–water partition coefficient (Wildman–Crippen LogP) is 3.13. The smallest absolute Gasteiger partial charge is 0.296 e. The lowest BCUT2D eigenvalue weighted by atomic mass is 10.2. The van der Waals surface area contributed by atoms with Gasteiger partial charge in [-0.2, -0.15) is 31.8 Å². The molecule has 1 heterocycles. The maximum absolute atomic E-state index is 12.5. The highest BCUT2D eigenvalue weighted by atomic mass is 35.5. The first-order valence-corrected chi connectivity index (χ1v) is 18.8. The van der Waals surface area contributed by atoms with Crippen LogP contribution in [-0.2, 0) is 45.2 Å². The maximum atomic E-state index is 12.5. The number of aryl methyl sites for hydroxylation is 1. The van der Waals surface area contributed by atoms with Crippen LogP contribution in [-0.4, -0.2) is 70.1 Å². The lowest BCUT2D eigenvalue weighted by Gasteiger charge is -2.11. The van der Waals surface area contributed by atoms with Crippen LogP contribution in [0.25, 0.3) is 0 Å². The Balaban J connectivity index is 1.54. The van der Waals surface area contributed by atoms with Crippen LogP contribution in [0, 0.1) is 6.92 Å². The second kappa shape index (κ2) is 14.4. The fraction of sp³-hybridized carbons (Fsp3) is 0.125. The minimum atomic E-state index is -5.00. The number of nitrogens with zero attached hydrogens (tertiary/aromatic N) is 5. The van der Waals surface area contributed by atoms with Gasteiger partial charge in [-0.15, -0.1) is 10.2 Å². The number of aromatic nitrogens is 3. The number of rotatable bonds is 13. The zero-order valence-corrected chi connectivity index (χ0v) is 28.1. The molecule has 0 aliphatic carbocycles. The van der Waals surface area contributed by atoms with Crippen LogP contribution in [0.4, 0.5) is 40.3 Å². The van der Waals surface area contributed by atoms with Gasteiger partial charge in [0.25, 0.3) is 31.2 Å². The summed E-state index contributed by atoms with van der Waals surface area (Å²) in [6, 6.07) is 11.0. The SMILES string of the molecule is Cc1ccc(Nc2nc(Cl)nc(Nc3ccc(/N=N/c4ccc(S(=O)(=O)CCO[SH](=O)=O)cc4S(=O)(=O)O)c(N)c3)n2)cc1S(=O)(=O)O. The highest BCUT2D eigenvalue weighted by molar-refractivity contribution is 7.91. The van der Waals surface area contributed by atoms with Crippen molar-refractivity contribution < 1.29 is 47.0 Å². The molecule has 0 aliphatic heterocycles. The largest absolute Gasteiger partial charge is 0.397 e. The molecule has 4 aromatic rings. The van der Waals surface area contributed by atoms with E-state index in [0.29, 0.717) is 17.3 Å². The topological polar surface area (TPSA) is 300 Å². The van der Waals surface area contributed by atoms with Gasteiger partial charge in [-0.05, 0) is 72.6 Å². The Morgan fingerprint density at radius 3 is 1.96 bits per heavy atom. The molecule has 6 N–H and O–H groups in total. The van der Waals surface area contributed by atoms with E-state index in [4.69, 9.17) is 17.3 Å². The number of anilines is 5. The van der Waals surface area contributed by atoms with Crippen molar-refractivity contribution in [2.75, 3.05) is 28.7 Å². The van der Waals surface area contributed by atoms with Crippen LogP contribution in [0.1, 0.15) is 5.56 Å². The first kappa shape index (κ1) is 36.5. The summed E-state index contributed by atoms with van der Waals surface area (Å²) >= 11 is 6.03. The Hall–Kier alpha value is -4.36. The number of thiol groups is 1. The van der Waals surface area contributed by atoms with Gasteiger partial charge in [-0.3, -0.25) is 13.3 Å². The molecule has 0 saturated heterocycles. The minimum Gasteiger partial charge on any atom is -0.397 e. The highest BCUT2D eigenvalue weighted by Gasteiger charge is 2.22. The predicted molar refractivity (Wildman–Crippen MR) is 172 cm³/mol. The van der Waals surface area contributed by atoms with Crippen molar-refractivity contribution >= 4 is 93.0 Å². The van der Waals surface area contributed by atoms with E-state index in [1.165, 1.54) is 43.3 Å². The fourth-order valence-electron chi connectivity index (χ4n) is 3.82. The average molecular weight is 763 g/mol. The zero-order valence-electron chi connectivity index (χ0n) is 24.0. The van der Waals surface area contributed by atoms with E-state index < -0.39 is 68.9 Å². The fourth-order valence-corrected chi connectivity index (χ4v) is 6.93. The molecule has 0 unspecified atom stereocenters. The third kappa shape index (κ3) is 9.60. The molecule has 0 atom stereocenters. The lowest BCUT2D eigenvalue weighted by molar-refractivity contribution is 0.355. The normalized spacial score (nSPS) is 12.4. The standard InChI is InChI=1S/C24H23ClN8O11S4/c1-13-2-3-15(11-20(13)47(38,39)40)28-24-30-22(25)29-23(31-24)27-14-4-6-18(17(26)10-14)32-33-19-7-5-16(12-21(19)48(41,42)43)46(36,37)9-8-44-45(34)35/h2-7,10-12,45H,8-9,26H2,1H3,(H,38,39,40)(H,41,42,43)(H2,27,28,29,30,31)/b33-32+. The van der Waals surface area contributed by atoms with Gasteiger partial charge < -0.3 is 16.4 Å². The Kier molecular flexibility index (Phi) is 10.9. The monoisotopic (exact) mass is 762 g/mol. The van der Waals surface area contributed by atoms with E-state index >= 15 is 0 Å². The number of halogens is 1. The van der Waals surface area contributed by atoms with Crippen molar-refractivity contribution in [2.45, 2.75) is 21.6 Å². The highest BCUT2D eigenvalue weighted by Crippen LogP contribution is 2.32. The molecule has 0 bridgehead atoms. The van der Waals surface area contributed by atoms with Gasteiger partial charge in [0.05, 0.1) is 27.8 Å². The van der Waals surface area contributed by atoms with Crippen LogP contribution in [0.2, 0.25) is 5.28 Å². The molecule has 1 aromatic heterocycles. The van der Waals surface area contributed by atoms with Gasteiger partial charge in [-0.1, -0.05) is 6.07 Å². The zero-order chi connectivity index (χ0) is 35.4. The number of benzene rings is 3. The summed E-state index contributed by atoms with van der Waals surface area (Å²) in [7, 11) is -17.0. The molecule has 0 radical (unpaired) electrons. The summed E-state index contributed by atoms with van der Waals surface area (Å²) in [5.41, 5.74) is 6.55. The number of hydrogen-bond acceptors (Lipinski definition) is 17. The van der Waals surface area contributed by atoms with Crippen molar-refractivity contribution in [3.05, 3.63) is 65.4 Å². The molecular formula is C24H23ClN8O11S4. The molecule has 4 rings (SSSR count). The minimum absolute atomic E-state index is 0.0176. The molecule has 3 aromatic carbocycles. The van der Waals surface area contributed by atoms with Crippen LogP contribution in [0.5, 0.6) is 0 Å². The van der Waals surface area contributed by atoms with Crippen LogP contribution in [0.3, 0.4) is 0 Å². The molecular weight excluding hydrogens is 740 g/mol. The van der Waals surface area contributed by atoms with Crippen LogP contribution >= 0.6 is 11.6 Å². The molecule has 0 aliphatic rings. The van der Waals surface area contributed by atoms with E-state index in [1.807, 2.05) is 0 Å². The average Bonchev–Trinajstić information content (AvgIpc) is 2.96. The summed E-state index contributed by atoms with van der Waals surface area (Å²) in [5.74, 6) is -0.935. The van der Waals surface area contributed by atoms with Crippen molar-refractivity contribution in [3.63, 3.8) is 0 Å². The first-order chi connectivity index (χ1) is 22.3. The third-order valence-corrected chi connectivity index (χ3v) is 10.1. The molecule has 0 saturated carbocycles. The van der Waals surface area contributed by atoms with E-state index in [1.54, 1.807) is 0 Å². The second-order valence-electron chi connectivity index (χ2n) is 9.41. The van der Waals surface area contributed by atoms with Crippen molar-refractivity contribution in [1.29, 1.82) is 0 Å². The lowest BCUT2D eigenvalue weighted by Crippen LogP contribution is -2.13. The number of nitrogens with one attached hydrogen (secondary N) is 2. The summed E-state index contributed by atoms with van der Waals surface area (Å²) in [6.45, 7) is 0.794. The van der Waals surface area contributed by atoms with Crippen LogP contribution < -0.4 is 16.4 Å². The van der Waals surface area contributed by atoms with Crippen molar-refractivity contribution in [1.82, 2.24) is 15.0 Å². The molecule has 0 fully saturated rings. The number of sulfone groups is 1. The molecule has 0 spiro atoms. The Labute approximate surface area is 279 Å². The van der Waals surface area contributed by atoms with E-state index in [-0.39, 0.29) is 39.1 Å². The van der Waals surface area contributed by atoms with Gasteiger partial charge in [0, 0.05) is 11.4 Å². The summed E-state index contributed by atoms with van der Waals surface area (Å²) in [5, 5.41) is 13.0. The Morgan fingerprint density at radius 1 is 0.812 bits per heavy atom.